The number of rotatable bonds is 3. The molecule has 2 atom stereocenters. The minimum Gasteiger partial charge on any atom is -0.328 e. The number of nitrogens with two attached hydrogens (primary N) is 1. The molecule has 0 amide bonds. The number of ketones is 1. The second kappa shape index (κ2) is 5.38. The van der Waals surface area contributed by atoms with Crippen LogP contribution in [0, 0.1) is 5.92 Å². The first-order chi connectivity index (χ1) is 8.06. The maximum absolute atomic E-state index is 12.0. The van der Waals surface area contributed by atoms with Crippen molar-refractivity contribution in [2.24, 2.45) is 11.7 Å². The van der Waals surface area contributed by atoms with Crippen LogP contribution in [-0.4, -0.2) is 11.8 Å². The van der Waals surface area contributed by atoms with Crippen LogP contribution in [0.25, 0.3) is 0 Å². The largest absolute Gasteiger partial charge is 0.328 e. The summed E-state index contributed by atoms with van der Waals surface area (Å²) in [6, 6.07) is 5.53. The number of benzene rings is 1. The van der Waals surface area contributed by atoms with E-state index < -0.39 is 0 Å². The van der Waals surface area contributed by atoms with Crippen molar-refractivity contribution in [2.75, 3.05) is 0 Å². The molecule has 2 rings (SSSR count). The van der Waals surface area contributed by atoms with Crippen molar-refractivity contribution in [1.82, 2.24) is 0 Å². The molecular formula is C13H15Cl2NO. The van der Waals surface area contributed by atoms with Gasteiger partial charge in [0.05, 0.1) is 10.0 Å². The van der Waals surface area contributed by atoms with Crippen molar-refractivity contribution in [2.45, 2.75) is 31.7 Å². The molecule has 4 heteroatoms. The summed E-state index contributed by atoms with van der Waals surface area (Å²) in [5, 5.41) is 1.02. The van der Waals surface area contributed by atoms with Crippen LogP contribution in [0.2, 0.25) is 10.0 Å². The minimum atomic E-state index is 0.124. The Morgan fingerprint density at radius 2 is 2.06 bits per heavy atom. The highest BCUT2D eigenvalue weighted by Crippen LogP contribution is 2.27. The Balaban J connectivity index is 2.00. The van der Waals surface area contributed by atoms with E-state index in [9.17, 15) is 4.79 Å². The van der Waals surface area contributed by atoms with Gasteiger partial charge in [0.15, 0.2) is 0 Å². The van der Waals surface area contributed by atoms with E-state index in [1.54, 1.807) is 12.1 Å². The van der Waals surface area contributed by atoms with E-state index in [1.165, 1.54) is 0 Å². The lowest BCUT2D eigenvalue weighted by molar-refractivity contribution is -0.122. The van der Waals surface area contributed by atoms with Gasteiger partial charge < -0.3 is 5.73 Å². The Labute approximate surface area is 111 Å². The van der Waals surface area contributed by atoms with Gasteiger partial charge in [-0.2, -0.15) is 0 Å². The Kier molecular flexibility index (Phi) is 4.08. The standard InChI is InChI=1S/C13H15Cl2NO/c14-11-4-1-8(5-12(11)15)6-13(17)9-2-3-10(16)7-9/h1,4-5,9-10H,2-3,6-7,16H2. The highest BCUT2D eigenvalue weighted by molar-refractivity contribution is 6.42. The molecule has 2 N–H and O–H groups in total. The molecule has 0 spiro atoms. The van der Waals surface area contributed by atoms with E-state index in [0.29, 0.717) is 16.5 Å². The number of Topliss-reactive ketones (excluding diaryl/α,β-unsaturated/α-hetero) is 1. The molecule has 0 bridgehead atoms. The maximum Gasteiger partial charge on any atom is 0.140 e. The molecule has 1 aliphatic rings. The number of carbonyl (C=O) groups is 1. The molecule has 1 aliphatic carbocycles. The van der Waals surface area contributed by atoms with Gasteiger partial charge in [0.2, 0.25) is 0 Å². The molecule has 0 aliphatic heterocycles. The average Bonchev–Trinajstić information content (AvgIpc) is 2.70. The Morgan fingerprint density at radius 1 is 1.29 bits per heavy atom. The number of carbonyl (C=O) groups excluding carboxylic acids is 1. The molecule has 17 heavy (non-hydrogen) atoms. The zero-order valence-electron chi connectivity index (χ0n) is 9.46. The van der Waals surface area contributed by atoms with Gasteiger partial charge in [0.1, 0.15) is 5.78 Å². The van der Waals surface area contributed by atoms with E-state index in [0.717, 1.165) is 24.8 Å². The van der Waals surface area contributed by atoms with Gasteiger partial charge in [-0.15, -0.1) is 0 Å². The summed E-state index contributed by atoms with van der Waals surface area (Å²) in [6.45, 7) is 0. The first-order valence-corrected chi connectivity index (χ1v) is 6.54. The molecule has 1 aromatic rings. The summed E-state index contributed by atoms with van der Waals surface area (Å²) in [5.74, 6) is 0.385. The van der Waals surface area contributed by atoms with Crippen molar-refractivity contribution in [3.05, 3.63) is 33.8 Å². The van der Waals surface area contributed by atoms with Crippen molar-refractivity contribution in [3.63, 3.8) is 0 Å². The highest BCUT2D eigenvalue weighted by atomic mass is 35.5. The van der Waals surface area contributed by atoms with E-state index >= 15 is 0 Å². The van der Waals surface area contributed by atoms with Crippen molar-refractivity contribution in [1.29, 1.82) is 0 Å². The second-order valence-electron chi connectivity index (χ2n) is 4.66. The van der Waals surface area contributed by atoms with Gasteiger partial charge in [-0.3, -0.25) is 4.79 Å². The quantitative estimate of drug-likeness (QED) is 0.917. The first kappa shape index (κ1) is 12.9. The average molecular weight is 272 g/mol. The van der Waals surface area contributed by atoms with Crippen molar-refractivity contribution >= 4 is 29.0 Å². The lowest BCUT2D eigenvalue weighted by atomic mass is 9.96. The molecule has 0 aromatic heterocycles. The fraction of sp³-hybridized carbons (Fsp3) is 0.462. The Bertz CT molecular complexity index is 433. The zero-order chi connectivity index (χ0) is 12.4. The highest BCUT2D eigenvalue weighted by Gasteiger charge is 2.27. The maximum atomic E-state index is 12.0. The second-order valence-corrected chi connectivity index (χ2v) is 5.48. The van der Waals surface area contributed by atoms with E-state index in [1.807, 2.05) is 6.07 Å². The van der Waals surface area contributed by atoms with Crippen LogP contribution in [0.3, 0.4) is 0 Å². The lowest BCUT2D eigenvalue weighted by Gasteiger charge is -2.09. The number of halogens is 2. The molecule has 92 valence electrons. The van der Waals surface area contributed by atoms with Gasteiger partial charge in [-0.25, -0.2) is 0 Å². The van der Waals surface area contributed by atoms with Crippen LogP contribution in [0.4, 0.5) is 0 Å². The van der Waals surface area contributed by atoms with Crippen LogP contribution in [0.15, 0.2) is 18.2 Å². The van der Waals surface area contributed by atoms with Crippen molar-refractivity contribution in [3.8, 4) is 0 Å². The van der Waals surface area contributed by atoms with Gasteiger partial charge in [-0.05, 0) is 37.0 Å². The molecule has 0 heterocycles. The molecule has 0 saturated heterocycles. The summed E-state index contributed by atoms with van der Waals surface area (Å²) in [7, 11) is 0. The van der Waals surface area contributed by atoms with Crippen molar-refractivity contribution < 1.29 is 4.79 Å². The van der Waals surface area contributed by atoms with Gasteiger partial charge in [0.25, 0.3) is 0 Å². The first-order valence-electron chi connectivity index (χ1n) is 5.78. The van der Waals surface area contributed by atoms with Gasteiger partial charge >= 0.3 is 0 Å². The van der Waals surface area contributed by atoms with Gasteiger partial charge in [-0.1, -0.05) is 29.3 Å². The predicted molar refractivity (Wildman–Crippen MR) is 70.5 cm³/mol. The van der Waals surface area contributed by atoms with E-state index in [2.05, 4.69) is 0 Å². The topological polar surface area (TPSA) is 43.1 Å². The minimum absolute atomic E-state index is 0.124. The van der Waals surface area contributed by atoms with E-state index in [-0.39, 0.29) is 17.7 Å². The SMILES string of the molecule is NC1CCC(C(=O)Cc2ccc(Cl)c(Cl)c2)C1. The molecule has 2 unspecified atom stereocenters. The fourth-order valence-electron chi connectivity index (χ4n) is 2.30. The molecule has 1 aromatic carbocycles. The Hall–Kier alpha value is -0.570. The molecule has 1 fully saturated rings. The van der Waals surface area contributed by atoms with Crippen LogP contribution in [-0.2, 0) is 11.2 Å². The van der Waals surface area contributed by atoms with Crippen LogP contribution >= 0.6 is 23.2 Å². The van der Waals surface area contributed by atoms with Gasteiger partial charge in [0, 0.05) is 18.4 Å². The third-order valence-electron chi connectivity index (χ3n) is 3.29. The third kappa shape index (κ3) is 3.21. The molecule has 1 saturated carbocycles. The molecular weight excluding hydrogens is 257 g/mol. The van der Waals surface area contributed by atoms with Crippen LogP contribution in [0.1, 0.15) is 24.8 Å². The predicted octanol–water partition coefficient (Wildman–Crippen LogP) is 3.23. The smallest absolute Gasteiger partial charge is 0.140 e. The zero-order valence-corrected chi connectivity index (χ0v) is 11.0. The normalized spacial score (nSPS) is 23.9. The third-order valence-corrected chi connectivity index (χ3v) is 4.03. The number of hydrogen-bond donors (Lipinski definition) is 1. The summed E-state index contributed by atoms with van der Waals surface area (Å²) in [4.78, 5) is 12.0. The lowest BCUT2D eigenvalue weighted by Crippen LogP contribution is -2.19. The van der Waals surface area contributed by atoms with Crippen LogP contribution in [0.5, 0.6) is 0 Å². The molecule has 2 nitrogen and oxygen atoms in total. The summed E-state index contributed by atoms with van der Waals surface area (Å²) >= 11 is 11.7. The molecule has 0 radical (unpaired) electrons. The van der Waals surface area contributed by atoms with Crippen LogP contribution < -0.4 is 5.73 Å². The monoisotopic (exact) mass is 271 g/mol. The summed E-state index contributed by atoms with van der Waals surface area (Å²) in [6.07, 6.45) is 3.12. The number of hydrogen-bond acceptors (Lipinski definition) is 2. The summed E-state index contributed by atoms with van der Waals surface area (Å²) in [5.41, 5.74) is 6.73. The fourth-order valence-corrected chi connectivity index (χ4v) is 2.62. The van der Waals surface area contributed by atoms with E-state index in [4.69, 9.17) is 28.9 Å². The Morgan fingerprint density at radius 3 is 2.65 bits per heavy atom. The summed E-state index contributed by atoms with van der Waals surface area (Å²) < 4.78 is 0.